The lowest BCUT2D eigenvalue weighted by atomic mass is 10.1. The van der Waals surface area contributed by atoms with Crippen LogP contribution in [0, 0.1) is 18.3 Å². The van der Waals surface area contributed by atoms with Crippen LogP contribution in [-0.2, 0) is 4.79 Å². The highest BCUT2D eigenvalue weighted by Gasteiger charge is 2.17. The lowest BCUT2D eigenvalue weighted by molar-refractivity contribution is -0.136. The van der Waals surface area contributed by atoms with Crippen LogP contribution in [0.1, 0.15) is 25.3 Å². The van der Waals surface area contributed by atoms with E-state index in [9.17, 15) is 4.79 Å². The predicted octanol–water partition coefficient (Wildman–Crippen LogP) is 2.58. The molecule has 0 radical (unpaired) electrons. The van der Waals surface area contributed by atoms with Gasteiger partial charge in [-0.2, -0.15) is 5.26 Å². The van der Waals surface area contributed by atoms with Crippen molar-refractivity contribution in [3.05, 3.63) is 29.8 Å². The van der Waals surface area contributed by atoms with Gasteiger partial charge in [-0.1, -0.05) is 24.6 Å². The maximum atomic E-state index is 10.7. The Morgan fingerprint density at radius 1 is 1.44 bits per heavy atom. The highest BCUT2D eigenvalue weighted by molar-refractivity contribution is 5.68. The van der Waals surface area contributed by atoms with E-state index in [-0.39, 0.29) is 12.5 Å². The third kappa shape index (κ3) is 3.77. The number of carbonyl (C=O) groups is 1. The molecule has 0 saturated carbocycles. The quantitative estimate of drug-likeness (QED) is 0.837. The fraction of sp³-hybridized carbons (Fsp3) is 0.429. The zero-order valence-corrected chi connectivity index (χ0v) is 10.8. The van der Waals surface area contributed by atoms with Crippen LogP contribution in [-0.4, -0.2) is 23.7 Å². The number of hydrogen-bond acceptors (Lipinski definition) is 3. The topological polar surface area (TPSA) is 64.3 Å². The van der Waals surface area contributed by atoms with Crippen LogP contribution in [0.3, 0.4) is 0 Å². The number of carboxylic acids is 1. The summed E-state index contributed by atoms with van der Waals surface area (Å²) < 4.78 is 0. The summed E-state index contributed by atoms with van der Waals surface area (Å²) in [6.45, 7) is 4.27. The summed E-state index contributed by atoms with van der Waals surface area (Å²) in [4.78, 5) is 12.5. The van der Waals surface area contributed by atoms with Gasteiger partial charge in [-0.3, -0.25) is 4.79 Å². The molecule has 4 nitrogen and oxygen atoms in total. The first-order chi connectivity index (χ1) is 8.58. The minimum Gasteiger partial charge on any atom is -0.481 e. The molecule has 18 heavy (non-hydrogen) atoms. The van der Waals surface area contributed by atoms with E-state index < -0.39 is 5.97 Å². The van der Waals surface area contributed by atoms with Crippen molar-refractivity contribution in [3.8, 4) is 6.07 Å². The second-order valence-corrected chi connectivity index (χ2v) is 4.23. The van der Waals surface area contributed by atoms with E-state index in [1.54, 1.807) is 0 Å². The molecule has 1 N–H and O–H groups in total. The standard InChI is InChI=1S/C14H18N2O2/c1-3-12(10-15)16(9-8-14(17)18)13-6-4-11(2)5-7-13/h4-7,12H,3,8-9H2,1-2H3,(H,17,18). The molecule has 0 saturated heterocycles. The summed E-state index contributed by atoms with van der Waals surface area (Å²) in [6.07, 6.45) is 0.704. The average molecular weight is 246 g/mol. The molecular weight excluding hydrogens is 228 g/mol. The van der Waals surface area contributed by atoms with Gasteiger partial charge >= 0.3 is 5.97 Å². The van der Waals surface area contributed by atoms with Crippen LogP contribution in [0.2, 0.25) is 0 Å². The minimum atomic E-state index is -0.847. The Labute approximate surface area is 107 Å². The maximum Gasteiger partial charge on any atom is 0.305 e. The summed E-state index contributed by atoms with van der Waals surface area (Å²) >= 11 is 0. The highest BCUT2D eigenvalue weighted by Crippen LogP contribution is 2.19. The molecule has 0 aliphatic rings. The molecule has 0 aliphatic heterocycles. The monoisotopic (exact) mass is 246 g/mol. The number of rotatable bonds is 6. The lowest BCUT2D eigenvalue weighted by Crippen LogP contribution is -2.35. The Hall–Kier alpha value is -2.02. The molecule has 1 unspecified atom stereocenters. The van der Waals surface area contributed by atoms with Crippen LogP contribution in [0.4, 0.5) is 5.69 Å². The van der Waals surface area contributed by atoms with Crippen LogP contribution >= 0.6 is 0 Å². The van der Waals surface area contributed by atoms with Gasteiger partial charge < -0.3 is 10.0 Å². The van der Waals surface area contributed by atoms with Crippen molar-refractivity contribution in [3.63, 3.8) is 0 Å². The molecule has 1 atom stereocenters. The largest absolute Gasteiger partial charge is 0.481 e. The van der Waals surface area contributed by atoms with E-state index >= 15 is 0 Å². The van der Waals surface area contributed by atoms with E-state index in [0.717, 1.165) is 11.3 Å². The second-order valence-electron chi connectivity index (χ2n) is 4.23. The summed E-state index contributed by atoms with van der Waals surface area (Å²) in [5, 5.41) is 17.9. The maximum absolute atomic E-state index is 10.7. The molecule has 0 fully saturated rings. The molecule has 4 heteroatoms. The molecule has 0 amide bonds. The molecule has 1 aromatic rings. The van der Waals surface area contributed by atoms with Crippen molar-refractivity contribution in [1.82, 2.24) is 0 Å². The van der Waals surface area contributed by atoms with E-state index in [0.29, 0.717) is 13.0 Å². The Morgan fingerprint density at radius 3 is 2.50 bits per heavy atom. The van der Waals surface area contributed by atoms with E-state index in [1.807, 2.05) is 43.0 Å². The number of aryl methyl sites for hydroxylation is 1. The normalized spacial score (nSPS) is 11.6. The van der Waals surface area contributed by atoms with Gasteiger partial charge in [-0.15, -0.1) is 0 Å². The summed E-state index contributed by atoms with van der Waals surface area (Å²) in [7, 11) is 0. The van der Waals surface area contributed by atoms with Crippen molar-refractivity contribution in [2.45, 2.75) is 32.7 Å². The second kappa shape index (κ2) is 6.65. The van der Waals surface area contributed by atoms with Crippen LogP contribution in [0.25, 0.3) is 0 Å². The zero-order chi connectivity index (χ0) is 13.5. The third-order valence-electron chi connectivity index (χ3n) is 2.84. The van der Waals surface area contributed by atoms with E-state index in [2.05, 4.69) is 6.07 Å². The number of nitrogens with zero attached hydrogens (tertiary/aromatic N) is 2. The number of carboxylic acid groups (broad SMARTS) is 1. The first-order valence-corrected chi connectivity index (χ1v) is 6.03. The fourth-order valence-electron chi connectivity index (χ4n) is 1.80. The number of hydrogen-bond donors (Lipinski definition) is 1. The smallest absolute Gasteiger partial charge is 0.305 e. The Bertz CT molecular complexity index is 434. The van der Waals surface area contributed by atoms with Crippen LogP contribution < -0.4 is 4.90 Å². The fourth-order valence-corrected chi connectivity index (χ4v) is 1.80. The molecule has 0 aliphatic carbocycles. The Balaban J connectivity index is 2.92. The Morgan fingerprint density at radius 2 is 2.06 bits per heavy atom. The highest BCUT2D eigenvalue weighted by atomic mass is 16.4. The van der Waals surface area contributed by atoms with Gasteiger partial charge in [-0.05, 0) is 25.5 Å². The average Bonchev–Trinajstić information content (AvgIpc) is 2.35. The van der Waals surface area contributed by atoms with Crippen molar-refractivity contribution < 1.29 is 9.90 Å². The first kappa shape index (κ1) is 14.0. The summed E-state index contributed by atoms with van der Waals surface area (Å²) in [5.74, 6) is -0.847. The predicted molar refractivity (Wildman–Crippen MR) is 70.5 cm³/mol. The summed E-state index contributed by atoms with van der Waals surface area (Å²) in [6, 6.07) is 9.72. The molecular formula is C14H18N2O2. The van der Waals surface area contributed by atoms with Gasteiger partial charge in [0.25, 0.3) is 0 Å². The number of benzene rings is 1. The van der Waals surface area contributed by atoms with Crippen molar-refractivity contribution >= 4 is 11.7 Å². The van der Waals surface area contributed by atoms with E-state index in [1.165, 1.54) is 0 Å². The van der Waals surface area contributed by atoms with Crippen molar-refractivity contribution in [2.24, 2.45) is 0 Å². The van der Waals surface area contributed by atoms with Gasteiger partial charge in [0.1, 0.15) is 6.04 Å². The molecule has 1 aromatic carbocycles. The zero-order valence-electron chi connectivity index (χ0n) is 10.8. The van der Waals surface area contributed by atoms with Crippen molar-refractivity contribution in [1.29, 1.82) is 5.26 Å². The molecule has 96 valence electrons. The lowest BCUT2D eigenvalue weighted by Gasteiger charge is -2.28. The van der Waals surface area contributed by atoms with E-state index in [4.69, 9.17) is 10.4 Å². The SMILES string of the molecule is CCC(C#N)N(CCC(=O)O)c1ccc(C)cc1. The van der Waals surface area contributed by atoms with Crippen LogP contribution in [0.15, 0.2) is 24.3 Å². The summed E-state index contributed by atoms with van der Waals surface area (Å²) in [5.41, 5.74) is 2.04. The van der Waals surface area contributed by atoms with Crippen molar-refractivity contribution in [2.75, 3.05) is 11.4 Å². The van der Waals surface area contributed by atoms with Gasteiger partial charge in [0.15, 0.2) is 0 Å². The van der Waals surface area contributed by atoms with Gasteiger partial charge in [0, 0.05) is 12.2 Å². The third-order valence-corrected chi connectivity index (χ3v) is 2.84. The first-order valence-electron chi connectivity index (χ1n) is 6.03. The number of aliphatic carboxylic acids is 1. The van der Waals surface area contributed by atoms with Crippen LogP contribution in [0.5, 0.6) is 0 Å². The Kier molecular flexibility index (Phi) is 5.19. The molecule has 1 rings (SSSR count). The van der Waals surface area contributed by atoms with Gasteiger partial charge in [0.05, 0.1) is 12.5 Å². The van der Waals surface area contributed by atoms with Gasteiger partial charge in [0.2, 0.25) is 0 Å². The minimum absolute atomic E-state index is 0.0338. The molecule has 0 heterocycles. The molecule has 0 aromatic heterocycles. The number of nitriles is 1. The molecule has 0 bridgehead atoms. The van der Waals surface area contributed by atoms with Gasteiger partial charge in [-0.25, -0.2) is 0 Å². The number of anilines is 1. The molecule has 0 spiro atoms.